The van der Waals surface area contributed by atoms with Crippen LogP contribution in [0.4, 0.5) is 4.39 Å². The maximum Gasteiger partial charge on any atom is 0.335 e. The van der Waals surface area contributed by atoms with Gasteiger partial charge < -0.3 is 14.7 Å². The third-order valence-corrected chi connectivity index (χ3v) is 4.73. The molecule has 2 atom stereocenters. The zero-order valence-corrected chi connectivity index (χ0v) is 13.8. The highest BCUT2D eigenvalue weighted by Gasteiger charge is 2.52. The lowest BCUT2D eigenvalue weighted by Gasteiger charge is -2.54. The Hall–Kier alpha value is -1.95. The monoisotopic (exact) mass is 323 g/mol. The first-order valence-electron chi connectivity index (χ1n) is 7.61. The molecule has 1 saturated carbocycles. The number of carboxylic acids is 1. The van der Waals surface area contributed by atoms with E-state index in [1.807, 2.05) is 20.8 Å². The summed E-state index contributed by atoms with van der Waals surface area (Å²) in [5.74, 6) is -2.50. The van der Waals surface area contributed by atoms with Crippen LogP contribution in [0.5, 0.6) is 0 Å². The lowest BCUT2D eigenvalue weighted by atomic mass is 9.63. The van der Waals surface area contributed by atoms with Gasteiger partial charge in [0.05, 0.1) is 17.2 Å². The summed E-state index contributed by atoms with van der Waals surface area (Å²) >= 11 is 0. The minimum Gasteiger partial charge on any atom is -0.478 e. The Balaban J connectivity index is 2.17. The molecular formula is C17H22FNO4. The average molecular weight is 323 g/mol. The first-order chi connectivity index (χ1) is 10.7. The SMILES string of the molecule is CCOC1CC(N(C)C(=O)c2ccc(C(=O)O)cc2F)C1(C)C. The van der Waals surface area contributed by atoms with Crippen molar-refractivity contribution in [3.8, 4) is 0 Å². The number of carbonyl (C=O) groups excluding carboxylic acids is 1. The average Bonchev–Trinajstić information content (AvgIpc) is 2.49. The van der Waals surface area contributed by atoms with Crippen LogP contribution in [-0.4, -0.2) is 47.7 Å². The smallest absolute Gasteiger partial charge is 0.335 e. The molecule has 0 saturated heterocycles. The zero-order valence-electron chi connectivity index (χ0n) is 13.8. The van der Waals surface area contributed by atoms with Gasteiger partial charge in [0, 0.05) is 25.1 Å². The Morgan fingerprint density at radius 2 is 2.09 bits per heavy atom. The van der Waals surface area contributed by atoms with Crippen molar-refractivity contribution < 1.29 is 23.8 Å². The maximum absolute atomic E-state index is 14.1. The highest BCUT2D eigenvalue weighted by Crippen LogP contribution is 2.45. The summed E-state index contributed by atoms with van der Waals surface area (Å²) < 4.78 is 19.7. The molecule has 2 rings (SSSR count). The molecular weight excluding hydrogens is 301 g/mol. The first kappa shape index (κ1) is 17.4. The number of ether oxygens (including phenoxy) is 1. The van der Waals surface area contributed by atoms with Gasteiger partial charge >= 0.3 is 5.97 Å². The van der Waals surface area contributed by atoms with Crippen LogP contribution >= 0.6 is 0 Å². The van der Waals surface area contributed by atoms with E-state index >= 15 is 0 Å². The molecule has 1 N–H and O–H groups in total. The van der Waals surface area contributed by atoms with Crippen molar-refractivity contribution in [2.24, 2.45) is 5.41 Å². The Morgan fingerprint density at radius 1 is 1.43 bits per heavy atom. The molecule has 1 aromatic rings. The van der Waals surface area contributed by atoms with Crippen LogP contribution in [-0.2, 0) is 4.74 Å². The Kier molecular flexibility index (Phi) is 4.75. The number of carboxylic acid groups (broad SMARTS) is 1. The second-order valence-electron chi connectivity index (χ2n) is 6.43. The van der Waals surface area contributed by atoms with Crippen LogP contribution < -0.4 is 0 Å². The van der Waals surface area contributed by atoms with Gasteiger partial charge in [-0.3, -0.25) is 4.79 Å². The largest absolute Gasteiger partial charge is 0.478 e. The van der Waals surface area contributed by atoms with Crippen molar-refractivity contribution in [1.29, 1.82) is 0 Å². The molecule has 1 aromatic carbocycles. The maximum atomic E-state index is 14.1. The fraction of sp³-hybridized carbons (Fsp3) is 0.529. The minimum atomic E-state index is -1.23. The molecule has 5 nitrogen and oxygen atoms in total. The molecule has 0 heterocycles. The fourth-order valence-electron chi connectivity index (χ4n) is 3.16. The predicted molar refractivity (Wildman–Crippen MR) is 83.1 cm³/mol. The first-order valence-corrected chi connectivity index (χ1v) is 7.61. The van der Waals surface area contributed by atoms with Gasteiger partial charge in [0.25, 0.3) is 5.91 Å². The van der Waals surface area contributed by atoms with Gasteiger partial charge in [-0.25, -0.2) is 9.18 Å². The van der Waals surface area contributed by atoms with Gasteiger partial charge in [-0.1, -0.05) is 13.8 Å². The van der Waals surface area contributed by atoms with Crippen LogP contribution in [0.3, 0.4) is 0 Å². The van der Waals surface area contributed by atoms with E-state index in [4.69, 9.17) is 9.84 Å². The molecule has 0 aromatic heterocycles. The normalized spacial score (nSPS) is 22.3. The van der Waals surface area contributed by atoms with Crippen molar-refractivity contribution in [1.82, 2.24) is 4.90 Å². The van der Waals surface area contributed by atoms with Gasteiger partial charge in [0.2, 0.25) is 0 Å². The fourth-order valence-corrected chi connectivity index (χ4v) is 3.16. The van der Waals surface area contributed by atoms with E-state index in [2.05, 4.69) is 0 Å². The molecule has 1 amide bonds. The van der Waals surface area contributed by atoms with Crippen LogP contribution in [0.1, 0.15) is 47.9 Å². The third-order valence-electron chi connectivity index (χ3n) is 4.73. The number of carbonyl (C=O) groups is 2. The van der Waals surface area contributed by atoms with E-state index in [1.54, 1.807) is 7.05 Å². The van der Waals surface area contributed by atoms with Crippen molar-refractivity contribution >= 4 is 11.9 Å². The van der Waals surface area contributed by atoms with Gasteiger partial charge in [-0.2, -0.15) is 0 Å². The topological polar surface area (TPSA) is 66.8 Å². The lowest BCUT2D eigenvalue weighted by Crippen LogP contribution is -2.62. The van der Waals surface area contributed by atoms with E-state index in [1.165, 1.54) is 17.0 Å². The van der Waals surface area contributed by atoms with E-state index in [9.17, 15) is 14.0 Å². The number of hydrogen-bond acceptors (Lipinski definition) is 3. The number of nitrogens with zero attached hydrogens (tertiary/aromatic N) is 1. The molecule has 0 aliphatic heterocycles. The Labute approximate surface area is 135 Å². The molecule has 23 heavy (non-hydrogen) atoms. The second-order valence-corrected chi connectivity index (χ2v) is 6.43. The highest BCUT2D eigenvalue weighted by molar-refractivity contribution is 5.96. The van der Waals surface area contributed by atoms with Crippen molar-refractivity contribution in [2.45, 2.75) is 39.3 Å². The van der Waals surface area contributed by atoms with Gasteiger partial charge in [0.15, 0.2) is 0 Å². The van der Waals surface area contributed by atoms with Crippen LogP contribution in [0.25, 0.3) is 0 Å². The molecule has 1 aliphatic rings. The van der Waals surface area contributed by atoms with E-state index in [0.29, 0.717) is 13.0 Å². The standard InChI is InChI=1S/C17H22FNO4/c1-5-23-14-9-13(17(14,2)3)19(4)15(20)11-7-6-10(16(21)22)8-12(11)18/h6-8,13-14H,5,9H2,1-4H3,(H,21,22). The molecule has 6 heteroatoms. The van der Waals surface area contributed by atoms with Crippen molar-refractivity contribution in [3.63, 3.8) is 0 Å². The summed E-state index contributed by atoms with van der Waals surface area (Å²) in [6.07, 6.45) is 0.782. The van der Waals surface area contributed by atoms with Gasteiger partial charge in [-0.05, 0) is 31.5 Å². The van der Waals surface area contributed by atoms with E-state index in [-0.39, 0.29) is 28.7 Å². The number of aromatic carboxylic acids is 1. The molecule has 1 aliphatic carbocycles. The van der Waals surface area contributed by atoms with Crippen LogP contribution in [0, 0.1) is 11.2 Å². The summed E-state index contributed by atoms with van der Waals surface area (Å²) in [5.41, 5.74) is -0.506. The Morgan fingerprint density at radius 3 is 2.57 bits per heavy atom. The lowest BCUT2D eigenvalue weighted by molar-refractivity contribution is -0.136. The summed E-state index contributed by atoms with van der Waals surface area (Å²) in [5, 5.41) is 8.86. The predicted octanol–water partition coefficient (Wildman–Crippen LogP) is 2.80. The molecule has 0 bridgehead atoms. The molecule has 0 spiro atoms. The Bertz CT molecular complexity index is 629. The van der Waals surface area contributed by atoms with Crippen molar-refractivity contribution in [3.05, 3.63) is 35.1 Å². The third kappa shape index (κ3) is 3.08. The molecule has 0 radical (unpaired) electrons. The zero-order chi connectivity index (χ0) is 17.4. The number of halogens is 1. The summed E-state index contributed by atoms with van der Waals surface area (Å²) in [7, 11) is 1.64. The number of hydrogen-bond donors (Lipinski definition) is 1. The molecule has 126 valence electrons. The number of rotatable bonds is 5. The van der Waals surface area contributed by atoms with E-state index < -0.39 is 17.7 Å². The second kappa shape index (κ2) is 6.28. The minimum absolute atomic E-state index is 0.0508. The summed E-state index contributed by atoms with van der Waals surface area (Å²) in [6, 6.07) is 3.29. The quantitative estimate of drug-likeness (QED) is 0.905. The van der Waals surface area contributed by atoms with E-state index in [0.717, 1.165) is 6.07 Å². The molecule has 2 unspecified atom stereocenters. The summed E-state index contributed by atoms with van der Waals surface area (Å²) in [4.78, 5) is 24.9. The number of benzene rings is 1. The highest BCUT2D eigenvalue weighted by atomic mass is 19.1. The van der Waals surface area contributed by atoms with Gasteiger partial charge in [0.1, 0.15) is 5.82 Å². The van der Waals surface area contributed by atoms with Crippen LogP contribution in [0.2, 0.25) is 0 Å². The van der Waals surface area contributed by atoms with Crippen LogP contribution in [0.15, 0.2) is 18.2 Å². The van der Waals surface area contributed by atoms with Crippen molar-refractivity contribution in [2.75, 3.05) is 13.7 Å². The van der Waals surface area contributed by atoms with Gasteiger partial charge in [-0.15, -0.1) is 0 Å². The molecule has 1 fully saturated rings. The number of amides is 1. The summed E-state index contributed by atoms with van der Waals surface area (Å²) in [6.45, 7) is 6.59.